The van der Waals surface area contributed by atoms with Crippen LogP contribution in [0.2, 0.25) is 0 Å². The molecule has 3 aliphatic rings. The van der Waals surface area contributed by atoms with Gasteiger partial charge < -0.3 is 64.2 Å². The maximum absolute atomic E-state index is 10.6. The van der Waals surface area contributed by atoms with Crippen LogP contribution in [0, 0.1) is 0 Å². The molecule has 0 spiro atoms. The van der Waals surface area contributed by atoms with Gasteiger partial charge >= 0.3 is 0 Å². The average Bonchev–Trinajstić information content (AvgIpc) is 2.78. The van der Waals surface area contributed by atoms with Gasteiger partial charge in [-0.15, -0.1) is 0 Å². The van der Waals surface area contributed by atoms with E-state index in [1.54, 1.807) is 0 Å². The minimum Gasteiger partial charge on any atom is -0.394 e. The minimum atomic E-state index is -1.47. The second kappa shape index (κ2) is 11.8. The molecule has 0 amide bonds. The summed E-state index contributed by atoms with van der Waals surface area (Å²) in [5.41, 5.74) is 0. The zero-order valence-electron chi connectivity index (χ0n) is 17.8. The maximum Gasteiger partial charge on any atom is 0.186 e. The van der Waals surface area contributed by atoms with Crippen molar-refractivity contribution in [2.45, 2.75) is 93.1 Å². The third-order valence-corrected chi connectivity index (χ3v) is 5.90. The lowest BCUT2D eigenvalue weighted by Crippen LogP contribution is -2.62. The number of hydrogen-bond acceptors (Lipinski definition) is 13. The lowest BCUT2D eigenvalue weighted by atomic mass is 9.98. The molecular weight excluding hydrogens is 436 g/mol. The average molecular weight is 470 g/mol. The highest BCUT2D eigenvalue weighted by Gasteiger charge is 2.48. The molecule has 3 saturated heterocycles. The lowest BCUT2D eigenvalue weighted by Gasteiger charge is -2.45. The Balaban J connectivity index is 1.62. The van der Waals surface area contributed by atoms with E-state index >= 15 is 0 Å². The van der Waals surface area contributed by atoms with Crippen molar-refractivity contribution >= 4 is 0 Å². The first-order chi connectivity index (χ1) is 15.3. The number of rotatable bonds is 8. The Morgan fingerprint density at radius 2 is 1.34 bits per heavy atom. The van der Waals surface area contributed by atoms with Crippen molar-refractivity contribution in [2.75, 3.05) is 26.9 Å². The second-order valence-corrected chi connectivity index (χ2v) is 8.23. The van der Waals surface area contributed by atoms with E-state index < -0.39 is 87.0 Å². The normalized spacial score (nSPS) is 48.0. The highest BCUT2D eigenvalue weighted by atomic mass is 16.7. The van der Waals surface area contributed by atoms with Gasteiger partial charge in [-0.25, -0.2) is 0 Å². The van der Waals surface area contributed by atoms with E-state index in [0.717, 1.165) is 0 Å². The fourth-order valence-electron chi connectivity index (χ4n) is 4.24. The molecule has 3 aliphatic heterocycles. The van der Waals surface area contributed by atoms with Crippen LogP contribution in [0.25, 0.3) is 0 Å². The third-order valence-electron chi connectivity index (χ3n) is 5.90. The minimum absolute atomic E-state index is 0.120. The molecule has 3 fully saturated rings. The first-order valence-electron chi connectivity index (χ1n) is 10.7. The first kappa shape index (κ1) is 26.1. The van der Waals surface area contributed by atoms with Crippen LogP contribution in [0.1, 0.15) is 19.3 Å². The Kier molecular flexibility index (Phi) is 9.58. The van der Waals surface area contributed by atoms with Gasteiger partial charge in [0.1, 0.15) is 36.6 Å². The van der Waals surface area contributed by atoms with Gasteiger partial charge in [0, 0.05) is 26.4 Å². The zero-order valence-corrected chi connectivity index (χ0v) is 17.8. The van der Waals surface area contributed by atoms with Crippen molar-refractivity contribution < 1.29 is 64.2 Å². The van der Waals surface area contributed by atoms with Gasteiger partial charge in [0.15, 0.2) is 18.9 Å². The molecule has 13 heteroatoms. The predicted octanol–water partition coefficient (Wildman–Crippen LogP) is -3.83. The predicted molar refractivity (Wildman–Crippen MR) is 102 cm³/mol. The summed E-state index contributed by atoms with van der Waals surface area (Å²) in [6.45, 7) is -1.37. The van der Waals surface area contributed by atoms with Crippen molar-refractivity contribution in [2.24, 2.45) is 0 Å². The summed E-state index contributed by atoms with van der Waals surface area (Å²) in [7, 11) is 1.28. The van der Waals surface area contributed by atoms with Crippen LogP contribution in [-0.2, 0) is 28.4 Å². The molecule has 32 heavy (non-hydrogen) atoms. The van der Waals surface area contributed by atoms with Gasteiger partial charge in [-0.2, -0.15) is 0 Å². The summed E-state index contributed by atoms with van der Waals surface area (Å²) in [4.78, 5) is 0. The third kappa shape index (κ3) is 5.93. The molecule has 3 rings (SSSR count). The van der Waals surface area contributed by atoms with Crippen LogP contribution in [0.15, 0.2) is 0 Å². The zero-order chi connectivity index (χ0) is 23.4. The van der Waals surface area contributed by atoms with Gasteiger partial charge in [0.05, 0.1) is 38.1 Å². The summed E-state index contributed by atoms with van der Waals surface area (Å²) in [5.74, 6) is 0. The Bertz CT molecular complexity index is 565. The fraction of sp³-hybridized carbons (Fsp3) is 1.00. The van der Waals surface area contributed by atoms with Crippen molar-refractivity contribution in [1.82, 2.24) is 0 Å². The molecule has 0 bridgehead atoms. The Hall–Kier alpha value is -0.520. The Labute approximate surface area is 185 Å². The van der Waals surface area contributed by atoms with Crippen molar-refractivity contribution in [3.05, 3.63) is 0 Å². The monoisotopic (exact) mass is 470 g/mol. The van der Waals surface area contributed by atoms with Gasteiger partial charge in [0.25, 0.3) is 0 Å². The summed E-state index contributed by atoms with van der Waals surface area (Å²) < 4.78 is 33.0. The highest BCUT2D eigenvalue weighted by molar-refractivity contribution is 4.92. The molecule has 3 heterocycles. The Morgan fingerprint density at radius 3 is 1.97 bits per heavy atom. The van der Waals surface area contributed by atoms with Crippen LogP contribution in [-0.4, -0.2) is 136 Å². The number of aliphatic hydroxyl groups excluding tert-OH is 7. The molecule has 0 saturated carbocycles. The van der Waals surface area contributed by atoms with E-state index in [9.17, 15) is 35.7 Å². The molecular formula is C19H34O13. The van der Waals surface area contributed by atoms with Crippen molar-refractivity contribution in [1.29, 1.82) is 0 Å². The van der Waals surface area contributed by atoms with Crippen LogP contribution >= 0.6 is 0 Å². The second-order valence-electron chi connectivity index (χ2n) is 8.23. The van der Waals surface area contributed by atoms with E-state index in [1.807, 2.05) is 0 Å². The molecule has 13 nitrogen and oxygen atoms in total. The van der Waals surface area contributed by atoms with E-state index in [-0.39, 0.29) is 25.9 Å². The van der Waals surface area contributed by atoms with Crippen LogP contribution in [0.5, 0.6) is 0 Å². The van der Waals surface area contributed by atoms with E-state index in [1.165, 1.54) is 7.11 Å². The van der Waals surface area contributed by atoms with Gasteiger partial charge in [-0.05, 0) is 0 Å². The molecule has 7 N–H and O–H groups in total. The summed E-state index contributed by atoms with van der Waals surface area (Å²) >= 11 is 0. The lowest BCUT2D eigenvalue weighted by molar-refractivity contribution is -0.350. The summed E-state index contributed by atoms with van der Waals surface area (Å²) in [5, 5.41) is 69.7. The summed E-state index contributed by atoms with van der Waals surface area (Å²) in [6.07, 6.45) is -12.7. The standard InChI is InChI=1S/C19H34O13/c1-27-19-16(26)15(25)18(12(7-22)30-19)32-14-4-10(24)17(11(6-21)29-14)31-13-3-8(23)2-9(5-20)28-13/h8-26H,2-7H2,1H3/t8?,9-,10-,11?,12+,13?,14?,15+,16+,17?,18?,19-/m0/s1. The fourth-order valence-corrected chi connectivity index (χ4v) is 4.24. The first-order valence-corrected chi connectivity index (χ1v) is 10.7. The summed E-state index contributed by atoms with van der Waals surface area (Å²) in [6, 6.07) is 0. The highest BCUT2D eigenvalue weighted by Crippen LogP contribution is 2.31. The molecule has 188 valence electrons. The molecule has 0 aromatic heterocycles. The quantitative estimate of drug-likeness (QED) is 0.182. The molecule has 0 aromatic rings. The SMILES string of the molecule is CO[C@H]1O[C@H](CO)C(OC2C[C@H](O)C(OC3CC(O)C[C@@H](CO)O3)C(CO)O2)[C@H](O)[C@H]1O. The molecule has 0 radical (unpaired) electrons. The van der Waals surface area contributed by atoms with Crippen LogP contribution < -0.4 is 0 Å². The number of ether oxygens (including phenoxy) is 6. The molecule has 0 aromatic carbocycles. The van der Waals surface area contributed by atoms with Gasteiger partial charge in [-0.1, -0.05) is 0 Å². The number of aliphatic hydroxyl groups is 7. The molecule has 12 atom stereocenters. The van der Waals surface area contributed by atoms with Crippen molar-refractivity contribution in [3.8, 4) is 0 Å². The van der Waals surface area contributed by atoms with Gasteiger partial charge in [-0.3, -0.25) is 0 Å². The molecule has 0 aliphatic carbocycles. The Morgan fingerprint density at radius 1 is 0.719 bits per heavy atom. The number of hydrogen-bond donors (Lipinski definition) is 7. The van der Waals surface area contributed by atoms with Crippen LogP contribution in [0.3, 0.4) is 0 Å². The van der Waals surface area contributed by atoms with E-state index in [2.05, 4.69) is 0 Å². The maximum atomic E-state index is 10.6. The van der Waals surface area contributed by atoms with Crippen LogP contribution in [0.4, 0.5) is 0 Å². The topological polar surface area (TPSA) is 197 Å². The molecule has 6 unspecified atom stereocenters. The largest absolute Gasteiger partial charge is 0.394 e. The number of methoxy groups -OCH3 is 1. The van der Waals surface area contributed by atoms with E-state index in [0.29, 0.717) is 0 Å². The van der Waals surface area contributed by atoms with Gasteiger partial charge in [0.2, 0.25) is 0 Å². The smallest absolute Gasteiger partial charge is 0.186 e. The van der Waals surface area contributed by atoms with Crippen molar-refractivity contribution in [3.63, 3.8) is 0 Å². The van der Waals surface area contributed by atoms with E-state index in [4.69, 9.17) is 28.4 Å².